The molecular weight excluding hydrogens is 314 g/mol. The number of carbonyl (C=O) groups is 1. The Labute approximate surface area is 147 Å². The molecule has 0 unspecified atom stereocenters. The Morgan fingerprint density at radius 1 is 0.960 bits per heavy atom. The molecule has 2 aromatic carbocycles. The summed E-state index contributed by atoms with van der Waals surface area (Å²) in [4.78, 5) is 16.9. The van der Waals surface area contributed by atoms with Crippen molar-refractivity contribution < 1.29 is 9.90 Å². The number of urea groups is 1. The first-order chi connectivity index (χ1) is 12.2. The standard InChI is InChI=1S/C20H23N3O2/c24-19-8-6-18(7-9-19)21-20(25)23-13-16-11-22(12-17(16)14-23)10-15-4-2-1-3-5-15/h1-9,16-17,24H,10-14H2,(H,21,25)/t16-,17+. The summed E-state index contributed by atoms with van der Waals surface area (Å²) in [6.45, 7) is 4.75. The highest BCUT2D eigenvalue weighted by atomic mass is 16.3. The van der Waals surface area contributed by atoms with E-state index in [-0.39, 0.29) is 11.8 Å². The Morgan fingerprint density at radius 3 is 2.24 bits per heavy atom. The zero-order chi connectivity index (χ0) is 17.2. The van der Waals surface area contributed by atoms with E-state index in [0.29, 0.717) is 17.5 Å². The summed E-state index contributed by atoms with van der Waals surface area (Å²) in [5.74, 6) is 1.33. The molecule has 0 aromatic heterocycles. The van der Waals surface area contributed by atoms with Gasteiger partial charge < -0.3 is 15.3 Å². The van der Waals surface area contributed by atoms with Gasteiger partial charge in [-0.2, -0.15) is 0 Å². The van der Waals surface area contributed by atoms with Gasteiger partial charge in [-0.15, -0.1) is 0 Å². The average Bonchev–Trinajstić information content (AvgIpc) is 3.16. The second-order valence-electron chi connectivity index (χ2n) is 7.08. The van der Waals surface area contributed by atoms with Crippen LogP contribution in [0.3, 0.4) is 0 Å². The number of phenols is 1. The molecule has 2 fully saturated rings. The monoisotopic (exact) mass is 337 g/mol. The van der Waals surface area contributed by atoms with Crippen molar-refractivity contribution in [1.82, 2.24) is 9.80 Å². The second kappa shape index (κ2) is 6.76. The molecule has 2 aliphatic rings. The number of carbonyl (C=O) groups excluding carboxylic acids is 1. The molecule has 2 N–H and O–H groups in total. The molecule has 4 rings (SSSR count). The van der Waals surface area contributed by atoms with Gasteiger partial charge in [0.15, 0.2) is 0 Å². The lowest BCUT2D eigenvalue weighted by molar-refractivity contribution is 0.212. The summed E-state index contributed by atoms with van der Waals surface area (Å²) >= 11 is 0. The molecule has 2 amide bonds. The molecular formula is C20H23N3O2. The largest absolute Gasteiger partial charge is 0.508 e. The molecule has 0 bridgehead atoms. The van der Waals surface area contributed by atoms with Crippen LogP contribution in [0.5, 0.6) is 5.75 Å². The predicted molar refractivity (Wildman–Crippen MR) is 97.4 cm³/mol. The van der Waals surface area contributed by atoms with Gasteiger partial charge in [-0.3, -0.25) is 4.90 Å². The van der Waals surface area contributed by atoms with E-state index in [2.05, 4.69) is 34.5 Å². The Hall–Kier alpha value is -2.53. The molecule has 0 radical (unpaired) electrons. The summed E-state index contributed by atoms with van der Waals surface area (Å²) < 4.78 is 0. The maximum Gasteiger partial charge on any atom is 0.321 e. The number of nitrogens with one attached hydrogen (secondary N) is 1. The van der Waals surface area contributed by atoms with Crippen LogP contribution in [0.25, 0.3) is 0 Å². The third-order valence-corrected chi connectivity index (χ3v) is 5.22. The Kier molecular flexibility index (Phi) is 4.32. The van der Waals surface area contributed by atoms with Crippen LogP contribution in [0.2, 0.25) is 0 Å². The highest BCUT2D eigenvalue weighted by Crippen LogP contribution is 2.32. The first-order valence-corrected chi connectivity index (χ1v) is 8.78. The van der Waals surface area contributed by atoms with Crippen LogP contribution < -0.4 is 5.32 Å². The van der Waals surface area contributed by atoms with Crippen LogP contribution >= 0.6 is 0 Å². The lowest BCUT2D eigenvalue weighted by atomic mass is 10.0. The lowest BCUT2D eigenvalue weighted by Gasteiger charge is -2.22. The van der Waals surface area contributed by atoms with Crippen LogP contribution in [0.4, 0.5) is 10.5 Å². The molecule has 5 nitrogen and oxygen atoms in total. The number of fused-ring (bicyclic) bond motifs is 1. The number of amides is 2. The van der Waals surface area contributed by atoms with Gasteiger partial charge in [-0.1, -0.05) is 30.3 Å². The molecule has 2 saturated heterocycles. The van der Waals surface area contributed by atoms with Gasteiger partial charge in [-0.25, -0.2) is 4.79 Å². The van der Waals surface area contributed by atoms with E-state index in [1.807, 2.05) is 11.0 Å². The fourth-order valence-corrected chi connectivity index (χ4v) is 3.97. The maximum absolute atomic E-state index is 12.4. The van der Waals surface area contributed by atoms with Crippen LogP contribution in [0.1, 0.15) is 5.56 Å². The molecule has 2 heterocycles. The van der Waals surface area contributed by atoms with E-state index in [0.717, 1.165) is 32.7 Å². The van der Waals surface area contributed by atoms with Gasteiger partial charge in [0, 0.05) is 38.4 Å². The van der Waals surface area contributed by atoms with E-state index >= 15 is 0 Å². The van der Waals surface area contributed by atoms with Crippen molar-refractivity contribution in [1.29, 1.82) is 0 Å². The van der Waals surface area contributed by atoms with Crippen LogP contribution in [-0.2, 0) is 6.54 Å². The van der Waals surface area contributed by atoms with Gasteiger partial charge >= 0.3 is 6.03 Å². The van der Waals surface area contributed by atoms with E-state index < -0.39 is 0 Å². The number of hydrogen-bond donors (Lipinski definition) is 2. The number of phenolic OH excluding ortho intramolecular Hbond substituents is 1. The minimum atomic E-state index is -0.0466. The Bertz CT molecular complexity index is 718. The van der Waals surface area contributed by atoms with Crippen molar-refractivity contribution in [2.75, 3.05) is 31.5 Å². The first kappa shape index (κ1) is 16.0. The molecule has 0 aliphatic carbocycles. The van der Waals surface area contributed by atoms with Gasteiger partial charge in [0.05, 0.1) is 0 Å². The smallest absolute Gasteiger partial charge is 0.321 e. The maximum atomic E-state index is 12.4. The number of rotatable bonds is 3. The molecule has 25 heavy (non-hydrogen) atoms. The molecule has 2 aliphatic heterocycles. The third-order valence-electron chi connectivity index (χ3n) is 5.22. The van der Waals surface area contributed by atoms with Crippen LogP contribution in [0, 0.1) is 11.8 Å². The quantitative estimate of drug-likeness (QED) is 0.847. The molecule has 2 atom stereocenters. The van der Waals surface area contributed by atoms with Crippen molar-refractivity contribution in [2.45, 2.75) is 6.54 Å². The molecule has 5 heteroatoms. The highest BCUT2D eigenvalue weighted by molar-refractivity contribution is 5.89. The number of likely N-dealkylation sites (tertiary alicyclic amines) is 2. The molecule has 0 saturated carbocycles. The number of aromatic hydroxyl groups is 1. The second-order valence-corrected chi connectivity index (χ2v) is 7.08. The molecule has 2 aromatic rings. The van der Waals surface area contributed by atoms with Gasteiger partial charge in [0.25, 0.3) is 0 Å². The highest BCUT2D eigenvalue weighted by Gasteiger charge is 2.41. The minimum absolute atomic E-state index is 0.0466. The zero-order valence-electron chi connectivity index (χ0n) is 14.1. The van der Waals surface area contributed by atoms with E-state index in [1.54, 1.807) is 24.3 Å². The van der Waals surface area contributed by atoms with Crippen molar-refractivity contribution in [3.8, 4) is 5.75 Å². The number of nitrogens with zero attached hydrogens (tertiary/aromatic N) is 2. The Morgan fingerprint density at radius 2 is 1.60 bits per heavy atom. The van der Waals surface area contributed by atoms with E-state index in [9.17, 15) is 9.90 Å². The number of anilines is 1. The summed E-state index contributed by atoms with van der Waals surface area (Å²) in [5, 5.41) is 12.2. The van der Waals surface area contributed by atoms with Crippen molar-refractivity contribution in [3.63, 3.8) is 0 Å². The van der Waals surface area contributed by atoms with Crippen LogP contribution in [-0.4, -0.2) is 47.1 Å². The van der Waals surface area contributed by atoms with E-state index in [4.69, 9.17) is 0 Å². The summed E-state index contributed by atoms with van der Waals surface area (Å²) in [6, 6.07) is 17.1. The molecule has 0 spiro atoms. The first-order valence-electron chi connectivity index (χ1n) is 8.78. The van der Waals surface area contributed by atoms with Crippen LogP contribution in [0.15, 0.2) is 54.6 Å². The van der Waals surface area contributed by atoms with Crippen molar-refractivity contribution in [3.05, 3.63) is 60.2 Å². The average molecular weight is 337 g/mol. The van der Waals surface area contributed by atoms with E-state index in [1.165, 1.54) is 5.56 Å². The summed E-state index contributed by atoms with van der Waals surface area (Å²) in [6.07, 6.45) is 0. The summed E-state index contributed by atoms with van der Waals surface area (Å²) in [5.41, 5.74) is 2.06. The topological polar surface area (TPSA) is 55.8 Å². The normalized spacial score (nSPS) is 22.8. The third kappa shape index (κ3) is 3.61. The van der Waals surface area contributed by atoms with Gasteiger partial charge in [0.1, 0.15) is 5.75 Å². The SMILES string of the molecule is O=C(Nc1ccc(O)cc1)N1C[C@H]2CN(Cc3ccccc3)C[C@H]2C1. The summed E-state index contributed by atoms with van der Waals surface area (Å²) in [7, 11) is 0. The fraction of sp³-hybridized carbons (Fsp3) is 0.350. The van der Waals surface area contributed by atoms with Gasteiger partial charge in [-0.05, 0) is 41.7 Å². The van der Waals surface area contributed by atoms with Crippen molar-refractivity contribution in [2.24, 2.45) is 11.8 Å². The zero-order valence-corrected chi connectivity index (χ0v) is 14.1. The fourth-order valence-electron chi connectivity index (χ4n) is 3.97. The number of benzene rings is 2. The lowest BCUT2D eigenvalue weighted by Crippen LogP contribution is -2.36. The van der Waals surface area contributed by atoms with Crippen molar-refractivity contribution >= 4 is 11.7 Å². The minimum Gasteiger partial charge on any atom is -0.508 e. The molecule has 130 valence electrons. The number of hydrogen-bond acceptors (Lipinski definition) is 3. The predicted octanol–water partition coefficient (Wildman–Crippen LogP) is 2.99. The Balaban J connectivity index is 1.30. The van der Waals surface area contributed by atoms with Gasteiger partial charge in [0.2, 0.25) is 0 Å².